The van der Waals surface area contributed by atoms with E-state index in [1.54, 1.807) is 0 Å². The Morgan fingerprint density at radius 2 is 2.20 bits per heavy atom. The van der Waals surface area contributed by atoms with Gasteiger partial charge in [0.15, 0.2) is 0 Å². The Hall–Kier alpha value is -1.32. The maximum atomic E-state index is 5.83. The van der Waals surface area contributed by atoms with Gasteiger partial charge in [0.1, 0.15) is 12.4 Å². The molecule has 1 aromatic rings. The van der Waals surface area contributed by atoms with Gasteiger partial charge >= 0.3 is 0 Å². The van der Waals surface area contributed by atoms with Crippen LogP contribution in [0.15, 0.2) is 36.9 Å². The molecular weight excluding hydrogens is 248 g/mol. The summed E-state index contributed by atoms with van der Waals surface area (Å²) in [5.41, 5.74) is 1.27. The highest BCUT2D eigenvalue weighted by atomic mass is 16.5. The van der Waals surface area contributed by atoms with Gasteiger partial charge in [0.25, 0.3) is 0 Å². The molecule has 0 radical (unpaired) electrons. The summed E-state index contributed by atoms with van der Waals surface area (Å²) in [6.45, 7) is 13.7. The molecule has 0 atom stereocenters. The van der Waals surface area contributed by atoms with E-state index in [2.05, 4.69) is 48.8 Å². The molecule has 0 saturated heterocycles. The van der Waals surface area contributed by atoms with E-state index in [1.165, 1.54) is 5.56 Å². The largest absolute Gasteiger partial charge is 0.492 e. The van der Waals surface area contributed by atoms with Crippen molar-refractivity contribution in [2.24, 2.45) is 0 Å². The first-order valence-electron chi connectivity index (χ1n) is 7.55. The van der Waals surface area contributed by atoms with Crippen LogP contribution in [0, 0.1) is 0 Å². The summed E-state index contributed by atoms with van der Waals surface area (Å²) in [4.78, 5) is 2.31. The molecule has 0 unspecified atom stereocenters. The number of rotatable bonds is 11. The third-order valence-electron chi connectivity index (χ3n) is 3.17. The fourth-order valence-corrected chi connectivity index (χ4v) is 2.01. The van der Waals surface area contributed by atoms with Gasteiger partial charge in [-0.3, -0.25) is 4.90 Å². The molecule has 0 aliphatic carbocycles. The molecule has 1 rings (SSSR count). The van der Waals surface area contributed by atoms with Crippen LogP contribution >= 0.6 is 0 Å². The fraction of sp³-hybridized carbons (Fsp3) is 0.529. The number of nitrogens with one attached hydrogen (secondary N) is 1. The van der Waals surface area contributed by atoms with Crippen molar-refractivity contribution in [1.82, 2.24) is 10.2 Å². The minimum Gasteiger partial charge on any atom is -0.492 e. The van der Waals surface area contributed by atoms with Crippen molar-refractivity contribution in [2.45, 2.75) is 26.8 Å². The summed E-state index contributed by atoms with van der Waals surface area (Å²) in [7, 11) is 0. The van der Waals surface area contributed by atoms with Crippen molar-refractivity contribution in [1.29, 1.82) is 0 Å². The minimum absolute atomic E-state index is 0.716. The molecule has 1 aromatic carbocycles. The van der Waals surface area contributed by atoms with Crippen molar-refractivity contribution in [3.63, 3.8) is 0 Å². The predicted molar refractivity (Wildman–Crippen MR) is 86.2 cm³/mol. The summed E-state index contributed by atoms with van der Waals surface area (Å²) in [5, 5.41) is 3.40. The van der Waals surface area contributed by atoms with Crippen LogP contribution in [0.25, 0.3) is 0 Å². The number of likely N-dealkylation sites (N-methyl/N-ethyl adjacent to an activating group) is 1. The Morgan fingerprint density at radius 3 is 2.90 bits per heavy atom. The molecule has 0 bridgehead atoms. The highest BCUT2D eigenvalue weighted by Crippen LogP contribution is 2.13. The third-order valence-corrected chi connectivity index (χ3v) is 3.17. The molecule has 0 heterocycles. The van der Waals surface area contributed by atoms with Crippen LogP contribution in [-0.2, 0) is 6.54 Å². The first-order valence-corrected chi connectivity index (χ1v) is 7.55. The number of ether oxygens (including phenoxy) is 1. The average Bonchev–Trinajstić information content (AvgIpc) is 2.47. The SMILES string of the molecule is C=CCN(CC)CCOc1cccc(CNCCC)c1. The molecule has 1 N–H and O–H groups in total. The molecule has 0 fully saturated rings. The van der Waals surface area contributed by atoms with E-state index in [4.69, 9.17) is 4.74 Å². The Morgan fingerprint density at radius 1 is 1.35 bits per heavy atom. The normalized spacial score (nSPS) is 10.8. The number of nitrogens with zero attached hydrogens (tertiary/aromatic N) is 1. The van der Waals surface area contributed by atoms with Gasteiger partial charge in [-0.15, -0.1) is 6.58 Å². The smallest absolute Gasteiger partial charge is 0.119 e. The van der Waals surface area contributed by atoms with Crippen LogP contribution in [0.2, 0.25) is 0 Å². The van der Waals surface area contributed by atoms with Crippen LogP contribution < -0.4 is 10.1 Å². The van der Waals surface area contributed by atoms with Gasteiger partial charge in [-0.05, 0) is 37.2 Å². The Kier molecular flexibility index (Phi) is 8.76. The second-order valence-electron chi connectivity index (χ2n) is 4.85. The third kappa shape index (κ3) is 6.73. The van der Waals surface area contributed by atoms with E-state index < -0.39 is 0 Å². The fourth-order valence-electron chi connectivity index (χ4n) is 2.01. The molecular formula is C17H28N2O. The average molecular weight is 276 g/mol. The van der Waals surface area contributed by atoms with Crippen LogP contribution in [-0.4, -0.2) is 37.7 Å². The summed E-state index contributed by atoms with van der Waals surface area (Å²) >= 11 is 0. The summed E-state index contributed by atoms with van der Waals surface area (Å²) in [6.07, 6.45) is 3.09. The zero-order valence-corrected chi connectivity index (χ0v) is 12.9. The standard InChI is InChI=1S/C17H28N2O/c1-4-10-18-15-16-8-7-9-17(14-16)20-13-12-19(6-3)11-5-2/h5,7-9,14,18H,2,4,6,10-13,15H2,1,3H3. The molecule has 112 valence electrons. The van der Waals surface area contributed by atoms with E-state index in [0.29, 0.717) is 6.61 Å². The van der Waals surface area contributed by atoms with E-state index in [9.17, 15) is 0 Å². The monoisotopic (exact) mass is 276 g/mol. The van der Waals surface area contributed by atoms with Crippen LogP contribution in [0.4, 0.5) is 0 Å². The molecule has 3 nitrogen and oxygen atoms in total. The van der Waals surface area contributed by atoms with Crippen LogP contribution in [0.3, 0.4) is 0 Å². The molecule has 3 heteroatoms. The first kappa shape index (κ1) is 16.7. The topological polar surface area (TPSA) is 24.5 Å². The Labute approximate surface area is 123 Å². The summed E-state index contributed by atoms with van der Waals surface area (Å²) in [5.74, 6) is 0.954. The maximum absolute atomic E-state index is 5.83. The van der Waals surface area contributed by atoms with Gasteiger partial charge in [0.05, 0.1) is 0 Å². The van der Waals surface area contributed by atoms with Crippen molar-refractivity contribution in [3.8, 4) is 5.75 Å². The number of hydrogen-bond donors (Lipinski definition) is 1. The zero-order chi connectivity index (χ0) is 14.6. The molecule has 0 saturated carbocycles. The van der Waals surface area contributed by atoms with Gasteiger partial charge in [-0.25, -0.2) is 0 Å². The predicted octanol–water partition coefficient (Wildman–Crippen LogP) is 3.07. The molecule has 0 aliphatic heterocycles. The van der Waals surface area contributed by atoms with Gasteiger partial charge in [-0.2, -0.15) is 0 Å². The van der Waals surface area contributed by atoms with Gasteiger partial charge < -0.3 is 10.1 Å². The summed E-state index contributed by atoms with van der Waals surface area (Å²) in [6, 6.07) is 8.32. The van der Waals surface area contributed by atoms with Crippen molar-refractivity contribution in [3.05, 3.63) is 42.5 Å². The molecule has 20 heavy (non-hydrogen) atoms. The van der Waals surface area contributed by atoms with Crippen LogP contribution in [0.1, 0.15) is 25.8 Å². The van der Waals surface area contributed by atoms with Crippen molar-refractivity contribution < 1.29 is 4.74 Å². The zero-order valence-electron chi connectivity index (χ0n) is 12.9. The van der Waals surface area contributed by atoms with Crippen LogP contribution in [0.5, 0.6) is 5.75 Å². The van der Waals surface area contributed by atoms with E-state index in [-0.39, 0.29) is 0 Å². The second-order valence-corrected chi connectivity index (χ2v) is 4.85. The minimum atomic E-state index is 0.716. The van der Waals surface area contributed by atoms with Gasteiger partial charge in [-0.1, -0.05) is 32.1 Å². The summed E-state index contributed by atoms with van der Waals surface area (Å²) < 4.78 is 5.83. The number of benzene rings is 1. The first-order chi connectivity index (χ1) is 9.80. The molecule has 0 aromatic heterocycles. The van der Waals surface area contributed by atoms with E-state index in [0.717, 1.165) is 44.9 Å². The lowest BCUT2D eigenvalue weighted by Gasteiger charge is -2.18. The van der Waals surface area contributed by atoms with Crippen molar-refractivity contribution >= 4 is 0 Å². The second kappa shape index (κ2) is 10.5. The Balaban J connectivity index is 2.35. The van der Waals surface area contributed by atoms with Gasteiger partial charge in [0.2, 0.25) is 0 Å². The number of hydrogen-bond acceptors (Lipinski definition) is 3. The lowest BCUT2D eigenvalue weighted by molar-refractivity contribution is 0.229. The molecule has 0 aliphatic rings. The molecule has 0 spiro atoms. The lowest BCUT2D eigenvalue weighted by Crippen LogP contribution is -2.28. The highest BCUT2D eigenvalue weighted by molar-refractivity contribution is 5.28. The Bertz CT molecular complexity index is 379. The quantitative estimate of drug-likeness (QED) is 0.496. The highest BCUT2D eigenvalue weighted by Gasteiger charge is 2.01. The molecule has 0 amide bonds. The maximum Gasteiger partial charge on any atom is 0.119 e. The van der Waals surface area contributed by atoms with Crippen molar-refractivity contribution in [2.75, 3.05) is 32.8 Å². The van der Waals surface area contributed by atoms with Gasteiger partial charge in [0, 0.05) is 19.6 Å². The van der Waals surface area contributed by atoms with E-state index >= 15 is 0 Å². The van der Waals surface area contributed by atoms with E-state index in [1.807, 2.05) is 12.1 Å². The lowest BCUT2D eigenvalue weighted by atomic mass is 10.2.